The third-order valence-electron chi connectivity index (χ3n) is 2.57. The van der Waals surface area contributed by atoms with Crippen molar-refractivity contribution in [1.82, 2.24) is 9.88 Å². The number of aryl methyl sites for hydroxylation is 1. The Hall–Kier alpha value is -1.09. The minimum Gasteiger partial charge on any atom is -0.315 e. The summed E-state index contributed by atoms with van der Waals surface area (Å²) < 4.78 is 1.81. The lowest BCUT2D eigenvalue weighted by Crippen LogP contribution is -2.34. The molecule has 3 heteroatoms. The lowest BCUT2D eigenvalue weighted by atomic mass is 10.2. The molecule has 1 rings (SSSR count). The largest absolute Gasteiger partial charge is 0.315 e. The Balaban J connectivity index is 2.90. The van der Waals surface area contributed by atoms with E-state index in [4.69, 9.17) is 0 Å². The molecule has 0 saturated carbocycles. The van der Waals surface area contributed by atoms with Crippen molar-refractivity contribution in [2.24, 2.45) is 0 Å². The van der Waals surface area contributed by atoms with Gasteiger partial charge >= 0.3 is 0 Å². The average Bonchev–Trinajstić information content (AvgIpc) is 2.18. The molecule has 0 aliphatic heterocycles. The molecule has 0 fully saturated rings. The smallest absolute Gasteiger partial charge is 0.250 e. The fourth-order valence-corrected chi connectivity index (χ4v) is 1.50. The molecular formula is C11H18N2O. The molecule has 0 bridgehead atoms. The van der Waals surface area contributed by atoms with Gasteiger partial charge in [-0.05, 0) is 26.5 Å². The molecule has 1 heterocycles. The molecule has 0 saturated heterocycles. The maximum Gasteiger partial charge on any atom is 0.250 e. The summed E-state index contributed by atoms with van der Waals surface area (Å²) in [6.07, 6.45) is 1.03. The molecule has 0 aliphatic rings. The molecule has 0 amide bonds. The van der Waals surface area contributed by atoms with E-state index in [1.807, 2.05) is 24.6 Å². The first-order valence-corrected chi connectivity index (χ1v) is 5.02. The van der Waals surface area contributed by atoms with Gasteiger partial charge in [-0.15, -0.1) is 0 Å². The highest BCUT2D eigenvalue weighted by Crippen LogP contribution is 1.98. The Kier molecular flexibility index (Phi) is 3.89. The second kappa shape index (κ2) is 4.96. The van der Waals surface area contributed by atoms with Crippen LogP contribution in [0.4, 0.5) is 0 Å². The number of hydrogen-bond acceptors (Lipinski definition) is 2. The topological polar surface area (TPSA) is 34.0 Å². The van der Waals surface area contributed by atoms with Gasteiger partial charge in [0, 0.05) is 24.3 Å². The molecule has 0 spiro atoms. The van der Waals surface area contributed by atoms with Crippen LogP contribution < -0.4 is 10.9 Å². The van der Waals surface area contributed by atoms with Gasteiger partial charge in [-0.2, -0.15) is 0 Å². The summed E-state index contributed by atoms with van der Waals surface area (Å²) >= 11 is 0. The zero-order chi connectivity index (χ0) is 10.6. The normalized spacial score (nSPS) is 12.8. The molecule has 78 valence electrons. The molecule has 1 aromatic rings. The first-order valence-electron chi connectivity index (χ1n) is 5.02. The maximum atomic E-state index is 11.5. The Bertz CT molecular complexity index is 339. The number of likely N-dealkylation sites (N-methyl/N-ethyl adjacent to an activating group) is 1. The van der Waals surface area contributed by atoms with Crippen molar-refractivity contribution in [2.45, 2.75) is 32.9 Å². The van der Waals surface area contributed by atoms with E-state index in [-0.39, 0.29) is 5.56 Å². The van der Waals surface area contributed by atoms with Gasteiger partial charge in [-0.3, -0.25) is 4.79 Å². The summed E-state index contributed by atoms with van der Waals surface area (Å²) in [4.78, 5) is 11.5. The Labute approximate surface area is 84.8 Å². The molecule has 0 aromatic carbocycles. The van der Waals surface area contributed by atoms with E-state index >= 15 is 0 Å². The van der Waals surface area contributed by atoms with Crippen LogP contribution in [0, 0.1) is 6.92 Å². The monoisotopic (exact) mass is 194 g/mol. The highest BCUT2D eigenvalue weighted by Gasteiger charge is 2.06. The first kappa shape index (κ1) is 11.0. The van der Waals surface area contributed by atoms with Crippen LogP contribution in [0.2, 0.25) is 0 Å². The minimum atomic E-state index is 0.0821. The van der Waals surface area contributed by atoms with Crippen molar-refractivity contribution >= 4 is 0 Å². The van der Waals surface area contributed by atoms with Gasteiger partial charge in [-0.25, -0.2) is 0 Å². The molecule has 14 heavy (non-hydrogen) atoms. The molecular weight excluding hydrogens is 176 g/mol. The van der Waals surface area contributed by atoms with Gasteiger partial charge in [0.25, 0.3) is 5.56 Å². The fourth-order valence-electron chi connectivity index (χ4n) is 1.50. The van der Waals surface area contributed by atoms with Crippen molar-refractivity contribution in [3.05, 3.63) is 34.2 Å². The van der Waals surface area contributed by atoms with Gasteiger partial charge in [0.05, 0.1) is 0 Å². The van der Waals surface area contributed by atoms with E-state index < -0.39 is 0 Å². The van der Waals surface area contributed by atoms with Gasteiger partial charge in [-0.1, -0.05) is 13.0 Å². The van der Waals surface area contributed by atoms with Crippen molar-refractivity contribution in [3.8, 4) is 0 Å². The van der Waals surface area contributed by atoms with Crippen LogP contribution in [0.1, 0.15) is 19.0 Å². The molecule has 0 radical (unpaired) electrons. The van der Waals surface area contributed by atoms with Crippen LogP contribution in [0.15, 0.2) is 23.0 Å². The van der Waals surface area contributed by atoms with Crippen LogP contribution in [-0.2, 0) is 6.54 Å². The predicted molar refractivity (Wildman–Crippen MR) is 58.6 cm³/mol. The lowest BCUT2D eigenvalue weighted by Gasteiger charge is -2.17. The van der Waals surface area contributed by atoms with E-state index in [2.05, 4.69) is 12.2 Å². The third-order valence-corrected chi connectivity index (χ3v) is 2.57. The standard InChI is InChI=1S/C11H18N2O/c1-4-10(12-3)8-13-9(2)6-5-7-11(13)14/h5-7,10,12H,4,8H2,1-3H3. The predicted octanol–water partition coefficient (Wildman–Crippen LogP) is 1.15. The number of rotatable bonds is 4. The average molecular weight is 194 g/mol. The number of aromatic nitrogens is 1. The molecule has 1 unspecified atom stereocenters. The van der Waals surface area contributed by atoms with Gasteiger partial charge in [0.2, 0.25) is 0 Å². The van der Waals surface area contributed by atoms with Crippen molar-refractivity contribution < 1.29 is 0 Å². The zero-order valence-corrected chi connectivity index (χ0v) is 9.08. The van der Waals surface area contributed by atoms with Gasteiger partial charge < -0.3 is 9.88 Å². The summed E-state index contributed by atoms with van der Waals surface area (Å²) in [6, 6.07) is 5.74. The van der Waals surface area contributed by atoms with Gasteiger partial charge in [0.15, 0.2) is 0 Å². The minimum absolute atomic E-state index is 0.0821. The molecule has 3 nitrogen and oxygen atoms in total. The van der Waals surface area contributed by atoms with E-state index in [9.17, 15) is 4.79 Å². The van der Waals surface area contributed by atoms with Crippen molar-refractivity contribution in [3.63, 3.8) is 0 Å². The van der Waals surface area contributed by atoms with Crippen molar-refractivity contribution in [2.75, 3.05) is 7.05 Å². The molecule has 1 aromatic heterocycles. The van der Waals surface area contributed by atoms with Crippen LogP contribution >= 0.6 is 0 Å². The summed E-state index contributed by atoms with van der Waals surface area (Å²) in [5, 5.41) is 3.19. The Morgan fingerprint density at radius 3 is 2.71 bits per heavy atom. The SMILES string of the molecule is CCC(Cn1c(C)cccc1=O)NC. The number of nitrogens with zero attached hydrogens (tertiary/aromatic N) is 1. The van der Waals surface area contributed by atoms with Crippen LogP contribution in [0.3, 0.4) is 0 Å². The highest BCUT2D eigenvalue weighted by molar-refractivity contribution is 5.04. The number of pyridine rings is 1. The summed E-state index contributed by atoms with van der Waals surface area (Å²) in [5.41, 5.74) is 1.10. The Morgan fingerprint density at radius 2 is 2.21 bits per heavy atom. The summed E-state index contributed by atoms with van der Waals surface area (Å²) in [6.45, 7) is 4.83. The van der Waals surface area contributed by atoms with Crippen LogP contribution in [-0.4, -0.2) is 17.7 Å². The van der Waals surface area contributed by atoms with E-state index in [0.717, 1.165) is 18.7 Å². The zero-order valence-electron chi connectivity index (χ0n) is 9.08. The molecule has 1 N–H and O–H groups in total. The van der Waals surface area contributed by atoms with E-state index in [1.165, 1.54) is 0 Å². The lowest BCUT2D eigenvalue weighted by molar-refractivity contribution is 0.456. The van der Waals surface area contributed by atoms with Crippen LogP contribution in [0.25, 0.3) is 0 Å². The first-order chi connectivity index (χ1) is 6.69. The summed E-state index contributed by atoms with van der Waals surface area (Å²) in [7, 11) is 1.93. The summed E-state index contributed by atoms with van der Waals surface area (Å²) in [5.74, 6) is 0. The van der Waals surface area contributed by atoms with E-state index in [0.29, 0.717) is 6.04 Å². The number of hydrogen-bond donors (Lipinski definition) is 1. The van der Waals surface area contributed by atoms with Crippen LogP contribution in [0.5, 0.6) is 0 Å². The quantitative estimate of drug-likeness (QED) is 0.780. The van der Waals surface area contributed by atoms with E-state index in [1.54, 1.807) is 12.1 Å². The second-order valence-corrected chi connectivity index (χ2v) is 3.51. The molecule has 0 aliphatic carbocycles. The molecule has 1 atom stereocenters. The maximum absolute atomic E-state index is 11.5. The number of nitrogens with one attached hydrogen (secondary N) is 1. The second-order valence-electron chi connectivity index (χ2n) is 3.51. The highest BCUT2D eigenvalue weighted by atomic mass is 16.1. The fraction of sp³-hybridized carbons (Fsp3) is 0.545. The Morgan fingerprint density at radius 1 is 1.50 bits per heavy atom. The third kappa shape index (κ3) is 2.45. The van der Waals surface area contributed by atoms with Crippen molar-refractivity contribution in [1.29, 1.82) is 0 Å². The van der Waals surface area contributed by atoms with Gasteiger partial charge in [0.1, 0.15) is 0 Å².